The molecule has 0 spiro atoms. The molecule has 1 aromatic rings. The van der Waals surface area contributed by atoms with Crippen LogP contribution in [0.1, 0.15) is 19.7 Å². The fourth-order valence-electron chi connectivity index (χ4n) is 1.54. The zero-order valence-electron chi connectivity index (χ0n) is 10.3. The van der Waals surface area contributed by atoms with E-state index < -0.39 is 0 Å². The Morgan fingerprint density at radius 2 is 2.12 bits per heavy atom. The minimum Gasteiger partial charge on any atom is -0.366 e. The molecule has 90 valence electrons. The van der Waals surface area contributed by atoms with Crippen molar-refractivity contribution in [2.24, 2.45) is 0 Å². The van der Waals surface area contributed by atoms with E-state index >= 15 is 0 Å². The number of rotatable bonds is 5. The zero-order chi connectivity index (χ0) is 12.1. The Morgan fingerprint density at radius 3 is 2.69 bits per heavy atom. The predicted octanol–water partition coefficient (Wildman–Crippen LogP) is 2.16. The van der Waals surface area contributed by atoms with Crippen molar-refractivity contribution < 1.29 is 0 Å². The van der Waals surface area contributed by atoms with Crippen molar-refractivity contribution in [1.29, 1.82) is 0 Å². The van der Waals surface area contributed by atoms with Gasteiger partial charge in [-0.1, -0.05) is 6.92 Å². The molecule has 0 aliphatic rings. The fourth-order valence-corrected chi connectivity index (χ4v) is 1.96. The van der Waals surface area contributed by atoms with Crippen molar-refractivity contribution in [3.63, 3.8) is 0 Å². The molecule has 1 unspecified atom stereocenters. The third-order valence-corrected chi connectivity index (χ3v) is 2.50. The molecule has 0 aliphatic carbocycles. The van der Waals surface area contributed by atoms with Crippen molar-refractivity contribution in [2.75, 3.05) is 26.0 Å². The van der Waals surface area contributed by atoms with E-state index in [9.17, 15) is 0 Å². The second kappa shape index (κ2) is 6.15. The van der Waals surface area contributed by atoms with Crippen molar-refractivity contribution in [1.82, 2.24) is 14.9 Å². The maximum atomic E-state index is 4.43. The van der Waals surface area contributed by atoms with E-state index in [-0.39, 0.29) is 0 Å². The zero-order valence-corrected chi connectivity index (χ0v) is 11.9. The summed E-state index contributed by atoms with van der Waals surface area (Å²) in [4.78, 5) is 10.9. The summed E-state index contributed by atoms with van der Waals surface area (Å²) in [7, 11) is 4.12. The Morgan fingerprint density at radius 1 is 1.44 bits per heavy atom. The first kappa shape index (κ1) is 13.4. The van der Waals surface area contributed by atoms with E-state index in [1.54, 1.807) is 0 Å². The van der Waals surface area contributed by atoms with E-state index in [2.05, 4.69) is 64.1 Å². The van der Waals surface area contributed by atoms with Crippen LogP contribution in [0.25, 0.3) is 0 Å². The van der Waals surface area contributed by atoms with Gasteiger partial charge in [-0.25, -0.2) is 9.97 Å². The summed E-state index contributed by atoms with van der Waals surface area (Å²) in [5.41, 5.74) is 0. The smallest absolute Gasteiger partial charge is 0.131 e. The first-order valence-corrected chi connectivity index (χ1v) is 6.25. The summed E-state index contributed by atoms with van der Waals surface area (Å²) in [6.45, 7) is 5.17. The molecular weight excluding hydrogens is 268 g/mol. The fraction of sp³-hybridized carbons (Fsp3) is 0.636. The van der Waals surface area contributed by atoms with Gasteiger partial charge in [0, 0.05) is 25.1 Å². The highest BCUT2D eigenvalue weighted by atomic mass is 79.9. The number of anilines is 1. The number of nitrogens with zero attached hydrogens (tertiary/aromatic N) is 3. The highest BCUT2D eigenvalue weighted by molar-refractivity contribution is 9.10. The number of likely N-dealkylation sites (N-methyl/N-ethyl adjacent to an activating group) is 1. The molecule has 5 heteroatoms. The van der Waals surface area contributed by atoms with Crippen LogP contribution < -0.4 is 5.32 Å². The number of nitrogens with one attached hydrogen (secondary N) is 1. The SMILES string of the molecule is CCc1nc(Br)cc(NC(C)CN(C)C)n1. The number of hydrogen-bond donors (Lipinski definition) is 1. The van der Waals surface area contributed by atoms with Gasteiger partial charge in [0.25, 0.3) is 0 Å². The van der Waals surface area contributed by atoms with Crippen LogP contribution in [0.3, 0.4) is 0 Å². The molecule has 1 N–H and O–H groups in total. The largest absolute Gasteiger partial charge is 0.366 e. The third kappa shape index (κ3) is 4.45. The quantitative estimate of drug-likeness (QED) is 0.843. The standard InChI is InChI=1S/C11H19BrN4/c1-5-10-14-9(12)6-11(15-10)13-8(2)7-16(3)4/h6,8H,5,7H2,1-4H3,(H,13,14,15). The molecule has 0 saturated carbocycles. The highest BCUT2D eigenvalue weighted by Crippen LogP contribution is 2.13. The van der Waals surface area contributed by atoms with Gasteiger partial charge in [-0.15, -0.1) is 0 Å². The number of hydrogen-bond acceptors (Lipinski definition) is 4. The van der Waals surface area contributed by atoms with Gasteiger partial charge in [0.05, 0.1) is 0 Å². The normalized spacial score (nSPS) is 12.9. The van der Waals surface area contributed by atoms with Gasteiger partial charge in [-0.05, 0) is 36.9 Å². The Bertz CT molecular complexity index is 341. The monoisotopic (exact) mass is 286 g/mol. The lowest BCUT2D eigenvalue weighted by Gasteiger charge is -2.19. The Labute approximate surface area is 106 Å². The van der Waals surface area contributed by atoms with Crippen LogP contribution in [0, 0.1) is 0 Å². The maximum Gasteiger partial charge on any atom is 0.131 e. The van der Waals surface area contributed by atoms with Crippen molar-refractivity contribution in [3.05, 3.63) is 16.5 Å². The number of halogens is 1. The molecule has 0 aromatic carbocycles. The second-order valence-electron chi connectivity index (χ2n) is 4.15. The maximum absolute atomic E-state index is 4.43. The molecule has 1 atom stereocenters. The summed E-state index contributed by atoms with van der Waals surface area (Å²) in [5.74, 6) is 1.74. The Balaban J connectivity index is 2.69. The molecule has 0 radical (unpaired) electrons. The second-order valence-corrected chi connectivity index (χ2v) is 4.97. The van der Waals surface area contributed by atoms with Gasteiger partial charge in [-0.2, -0.15) is 0 Å². The summed E-state index contributed by atoms with van der Waals surface area (Å²) in [6, 6.07) is 2.27. The van der Waals surface area contributed by atoms with E-state index in [0.29, 0.717) is 6.04 Å². The molecule has 1 aromatic heterocycles. The Kier molecular flexibility index (Phi) is 5.15. The van der Waals surface area contributed by atoms with E-state index in [4.69, 9.17) is 0 Å². The highest BCUT2D eigenvalue weighted by Gasteiger charge is 2.06. The van der Waals surface area contributed by atoms with Crippen LogP contribution >= 0.6 is 15.9 Å². The van der Waals surface area contributed by atoms with Crippen LogP contribution in [-0.2, 0) is 6.42 Å². The Hall–Kier alpha value is -0.680. The average Bonchev–Trinajstić information content (AvgIpc) is 2.14. The minimum absolute atomic E-state index is 0.363. The summed E-state index contributed by atoms with van der Waals surface area (Å²) in [6.07, 6.45) is 0.843. The van der Waals surface area contributed by atoms with Gasteiger partial charge < -0.3 is 10.2 Å². The molecule has 0 fully saturated rings. The predicted molar refractivity (Wildman–Crippen MR) is 70.7 cm³/mol. The third-order valence-electron chi connectivity index (χ3n) is 2.09. The van der Waals surface area contributed by atoms with Gasteiger partial charge in [0.2, 0.25) is 0 Å². The molecule has 16 heavy (non-hydrogen) atoms. The molecule has 1 heterocycles. The summed E-state index contributed by atoms with van der Waals surface area (Å²) >= 11 is 3.39. The first-order valence-electron chi connectivity index (χ1n) is 5.46. The minimum atomic E-state index is 0.363. The van der Waals surface area contributed by atoms with E-state index in [1.807, 2.05) is 6.07 Å². The molecule has 1 rings (SSSR count). The average molecular weight is 287 g/mol. The molecule has 0 amide bonds. The molecule has 0 saturated heterocycles. The van der Waals surface area contributed by atoms with Crippen LogP contribution in [0.15, 0.2) is 10.7 Å². The number of aromatic nitrogens is 2. The van der Waals surface area contributed by atoms with E-state index in [0.717, 1.165) is 29.2 Å². The van der Waals surface area contributed by atoms with Crippen LogP contribution in [-0.4, -0.2) is 41.5 Å². The summed E-state index contributed by atoms with van der Waals surface area (Å²) < 4.78 is 0.832. The molecular formula is C11H19BrN4. The van der Waals surface area contributed by atoms with Gasteiger partial charge in [0.15, 0.2) is 0 Å². The lowest BCUT2D eigenvalue weighted by atomic mass is 10.3. The van der Waals surface area contributed by atoms with E-state index in [1.165, 1.54) is 0 Å². The molecule has 4 nitrogen and oxygen atoms in total. The van der Waals surface area contributed by atoms with Gasteiger partial charge in [-0.3, -0.25) is 0 Å². The van der Waals surface area contributed by atoms with Crippen LogP contribution in [0.5, 0.6) is 0 Å². The van der Waals surface area contributed by atoms with Gasteiger partial charge in [0.1, 0.15) is 16.2 Å². The molecule has 0 aliphatic heterocycles. The number of aryl methyl sites for hydroxylation is 1. The lowest BCUT2D eigenvalue weighted by molar-refractivity contribution is 0.392. The van der Waals surface area contributed by atoms with Crippen molar-refractivity contribution >= 4 is 21.7 Å². The lowest BCUT2D eigenvalue weighted by Crippen LogP contribution is -2.30. The van der Waals surface area contributed by atoms with Crippen LogP contribution in [0.4, 0.5) is 5.82 Å². The topological polar surface area (TPSA) is 41.1 Å². The summed E-state index contributed by atoms with van der Waals surface area (Å²) in [5, 5.41) is 3.37. The van der Waals surface area contributed by atoms with Gasteiger partial charge >= 0.3 is 0 Å². The first-order chi connectivity index (χ1) is 7.51. The molecule has 0 bridgehead atoms. The van der Waals surface area contributed by atoms with Crippen molar-refractivity contribution in [2.45, 2.75) is 26.3 Å². The van der Waals surface area contributed by atoms with Crippen LogP contribution in [0.2, 0.25) is 0 Å². The van der Waals surface area contributed by atoms with Crippen molar-refractivity contribution in [3.8, 4) is 0 Å².